The molecule has 2 aliphatic rings. The molecule has 3 rings (SSSR count). The van der Waals surface area contributed by atoms with Crippen molar-refractivity contribution in [3.05, 3.63) is 40.6 Å². The van der Waals surface area contributed by atoms with E-state index >= 15 is 0 Å². The molecule has 1 aromatic carbocycles. The zero-order chi connectivity index (χ0) is 16.4. The van der Waals surface area contributed by atoms with Gasteiger partial charge >= 0.3 is 0 Å². The van der Waals surface area contributed by atoms with Gasteiger partial charge in [0.15, 0.2) is 0 Å². The molecule has 0 unspecified atom stereocenters. The van der Waals surface area contributed by atoms with Crippen LogP contribution in [-0.4, -0.2) is 17.9 Å². The van der Waals surface area contributed by atoms with Gasteiger partial charge in [0.05, 0.1) is 5.69 Å². The summed E-state index contributed by atoms with van der Waals surface area (Å²) in [4.78, 5) is 26.3. The zero-order valence-electron chi connectivity index (χ0n) is 13.3. The molecule has 1 fully saturated rings. The Morgan fingerprint density at radius 3 is 2.43 bits per heavy atom. The molecule has 0 saturated heterocycles. The van der Waals surface area contributed by atoms with Gasteiger partial charge in [-0.1, -0.05) is 49.4 Å². The van der Waals surface area contributed by atoms with Crippen LogP contribution >= 0.6 is 11.6 Å². The number of aryl methyl sites for hydroxylation is 1. The van der Waals surface area contributed by atoms with E-state index in [1.165, 1.54) is 12.8 Å². The molecule has 0 bridgehead atoms. The minimum absolute atomic E-state index is 0.000697. The summed E-state index contributed by atoms with van der Waals surface area (Å²) >= 11 is 6.17. The molecule has 2 amide bonds. The van der Waals surface area contributed by atoms with Gasteiger partial charge in [-0.15, -0.1) is 0 Å². The van der Waals surface area contributed by atoms with E-state index in [2.05, 4.69) is 5.32 Å². The minimum atomic E-state index is -0.446. The fourth-order valence-corrected chi connectivity index (χ4v) is 3.48. The Bertz CT molecular complexity index is 661. The predicted octanol–water partition coefficient (Wildman–Crippen LogP) is 3.63. The number of nitrogens with one attached hydrogen (secondary N) is 1. The van der Waals surface area contributed by atoms with Crippen molar-refractivity contribution in [2.24, 2.45) is 0 Å². The Hall–Kier alpha value is -1.81. The van der Waals surface area contributed by atoms with Crippen LogP contribution < -0.4 is 10.2 Å². The molecule has 1 aromatic rings. The first kappa shape index (κ1) is 16.1. The standard InChI is InChI=1S/C18H21ClN2O2/c1-12-7-6-10-14(11-12)21-17(22)15(19)16(18(21)23)20-13-8-4-2-3-5-9-13/h6-7,10-11,13,20H,2-5,8-9H2,1H3. The average molecular weight is 333 g/mol. The van der Waals surface area contributed by atoms with Gasteiger partial charge in [0.25, 0.3) is 11.8 Å². The number of rotatable bonds is 3. The van der Waals surface area contributed by atoms with E-state index < -0.39 is 5.91 Å². The topological polar surface area (TPSA) is 49.4 Å². The zero-order valence-corrected chi connectivity index (χ0v) is 14.0. The molecule has 1 aliphatic heterocycles. The van der Waals surface area contributed by atoms with E-state index in [-0.39, 0.29) is 22.7 Å². The molecule has 23 heavy (non-hydrogen) atoms. The van der Waals surface area contributed by atoms with E-state index in [1.54, 1.807) is 6.07 Å². The smallest absolute Gasteiger partial charge is 0.283 e. The lowest BCUT2D eigenvalue weighted by Gasteiger charge is -2.19. The van der Waals surface area contributed by atoms with Crippen LogP contribution in [0.4, 0.5) is 5.69 Å². The lowest BCUT2D eigenvalue weighted by atomic mass is 10.1. The first-order valence-electron chi connectivity index (χ1n) is 8.19. The summed E-state index contributed by atoms with van der Waals surface area (Å²) in [7, 11) is 0. The molecule has 0 radical (unpaired) electrons. The molecule has 1 aliphatic carbocycles. The van der Waals surface area contributed by atoms with Gasteiger partial charge in [-0.25, -0.2) is 4.90 Å². The van der Waals surface area contributed by atoms with Gasteiger partial charge < -0.3 is 5.32 Å². The van der Waals surface area contributed by atoms with Gasteiger partial charge in [-0.3, -0.25) is 9.59 Å². The predicted molar refractivity (Wildman–Crippen MR) is 91.2 cm³/mol. The van der Waals surface area contributed by atoms with E-state index in [1.807, 2.05) is 25.1 Å². The van der Waals surface area contributed by atoms with Crippen LogP contribution in [0.5, 0.6) is 0 Å². The van der Waals surface area contributed by atoms with Crippen molar-refractivity contribution in [1.29, 1.82) is 0 Å². The molecule has 4 nitrogen and oxygen atoms in total. The maximum absolute atomic E-state index is 12.7. The third-order valence-electron chi connectivity index (χ3n) is 4.49. The first-order valence-corrected chi connectivity index (χ1v) is 8.57. The monoisotopic (exact) mass is 332 g/mol. The number of imide groups is 1. The summed E-state index contributed by atoms with van der Waals surface area (Å²) in [6, 6.07) is 7.54. The van der Waals surface area contributed by atoms with Crippen LogP contribution in [0.15, 0.2) is 35.0 Å². The number of hydrogen-bond acceptors (Lipinski definition) is 3. The van der Waals surface area contributed by atoms with Crippen LogP contribution in [0.3, 0.4) is 0 Å². The van der Waals surface area contributed by atoms with Crippen LogP contribution in [0.2, 0.25) is 0 Å². The Morgan fingerprint density at radius 1 is 1.09 bits per heavy atom. The summed E-state index contributed by atoms with van der Waals surface area (Å²) in [6.45, 7) is 1.92. The van der Waals surface area contributed by atoms with Crippen LogP contribution in [0.1, 0.15) is 44.1 Å². The Morgan fingerprint density at radius 2 is 1.78 bits per heavy atom. The molecular weight excluding hydrogens is 312 g/mol. The van der Waals surface area contributed by atoms with Crippen molar-refractivity contribution in [3.63, 3.8) is 0 Å². The highest BCUT2D eigenvalue weighted by atomic mass is 35.5. The van der Waals surface area contributed by atoms with Gasteiger partial charge in [-0.2, -0.15) is 0 Å². The van der Waals surface area contributed by atoms with Crippen molar-refractivity contribution >= 4 is 29.1 Å². The summed E-state index contributed by atoms with van der Waals surface area (Å²) in [5, 5.41) is 3.24. The number of anilines is 1. The molecule has 122 valence electrons. The molecule has 1 N–H and O–H groups in total. The van der Waals surface area contributed by atoms with E-state index in [0.29, 0.717) is 5.69 Å². The molecule has 1 saturated carbocycles. The highest BCUT2D eigenvalue weighted by Crippen LogP contribution is 2.29. The van der Waals surface area contributed by atoms with Gasteiger partial charge in [0.1, 0.15) is 10.7 Å². The van der Waals surface area contributed by atoms with Gasteiger partial charge in [0.2, 0.25) is 0 Å². The second kappa shape index (κ2) is 6.75. The second-order valence-electron chi connectivity index (χ2n) is 6.31. The molecular formula is C18H21ClN2O2. The van der Waals surface area contributed by atoms with Crippen LogP contribution in [-0.2, 0) is 9.59 Å². The number of amides is 2. The lowest BCUT2D eigenvalue weighted by Crippen LogP contribution is -2.36. The van der Waals surface area contributed by atoms with E-state index in [0.717, 1.165) is 36.1 Å². The maximum Gasteiger partial charge on any atom is 0.283 e. The van der Waals surface area contributed by atoms with Crippen molar-refractivity contribution in [2.45, 2.75) is 51.5 Å². The lowest BCUT2D eigenvalue weighted by molar-refractivity contribution is -0.120. The summed E-state index contributed by atoms with van der Waals surface area (Å²) in [5.41, 5.74) is 1.81. The number of halogens is 1. The van der Waals surface area contributed by atoms with Crippen molar-refractivity contribution < 1.29 is 9.59 Å². The summed E-state index contributed by atoms with van der Waals surface area (Å²) in [6.07, 6.45) is 6.78. The van der Waals surface area contributed by atoms with Gasteiger partial charge in [0, 0.05) is 6.04 Å². The molecule has 0 spiro atoms. The van der Waals surface area contributed by atoms with Gasteiger partial charge in [-0.05, 0) is 37.5 Å². The average Bonchev–Trinajstić information content (AvgIpc) is 2.73. The quantitative estimate of drug-likeness (QED) is 0.679. The number of carbonyl (C=O) groups is 2. The van der Waals surface area contributed by atoms with Crippen molar-refractivity contribution in [3.8, 4) is 0 Å². The van der Waals surface area contributed by atoms with E-state index in [9.17, 15) is 9.59 Å². The minimum Gasteiger partial charge on any atom is -0.376 e. The Kier molecular flexibility index (Phi) is 4.71. The summed E-state index contributed by atoms with van der Waals surface area (Å²) in [5.74, 6) is -0.798. The summed E-state index contributed by atoms with van der Waals surface area (Å²) < 4.78 is 0. The molecule has 0 atom stereocenters. The molecule has 5 heteroatoms. The maximum atomic E-state index is 12.7. The fourth-order valence-electron chi connectivity index (χ4n) is 3.26. The fraction of sp³-hybridized carbons (Fsp3) is 0.444. The number of hydrogen-bond donors (Lipinski definition) is 1. The highest BCUT2D eigenvalue weighted by Gasteiger charge is 2.39. The number of carbonyl (C=O) groups excluding carboxylic acids is 2. The highest BCUT2D eigenvalue weighted by molar-refractivity contribution is 6.52. The third-order valence-corrected chi connectivity index (χ3v) is 4.84. The van der Waals surface area contributed by atoms with Crippen molar-refractivity contribution in [1.82, 2.24) is 5.32 Å². The van der Waals surface area contributed by atoms with Crippen LogP contribution in [0.25, 0.3) is 0 Å². The number of nitrogens with zero attached hydrogens (tertiary/aromatic N) is 1. The Labute approximate surface area is 141 Å². The first-order chi connectivity index (χ1) is 11.1. The largest absolute Gasteiger partial charge is 0.376 e. The Balaban J connectivity index is 1.81. The molecule has 1 heterocycles. The third kappa shape index (κ3) is 3.27. The SMILES string of the molecule is Cc1cccc(N2C(=O)C(Cl)=C(NC3CCCCCC3)C2=O)c1. The normalized spacial score (nSPS) is 20.2. The van der Waals surface area contributed by atoms with E-state index in [4.69, 9.17) is 11.6 Å². The molecule has 0 aromatic heterocycles. The van der Waals surface area contributed by atoms with Crippen molar-refractivity contribution in [2.75, 3.05) is 4.90 Å². The number of benzene rings is 1. The second-order valence-corrected chi connectivity index (χ2v) is 6.68. The van der Waals surface area contributed by atoms with Crippen LogP contribution in [0, 0.1) is 6.92 Å².